The summed E-state index contributed by atoms with van der Waals surface area (Å²) in [5.74, 6) is 2.78. The van der Waals surface area contributed by atoms with E-state index in [0.29, 0.717) is 19.1 Å². The average molecular weight is 291 g/mol. The Bertz CT molecular complexity index is 598. The second kappa shape index (κ2) is 5.66. The van der Waals surface area contributed by atoms with Gasteiger partial charge in [0, 0.05) is 35.6 Å². The van der Waals surface area contributed by atoms with Gasteiger partial charge in [-0.3, -0.25) is 0 Å². The lowest BCUT2D eigenvalue weighted by Crippen LogP contribution is -1.97. The lowest BCUT2D eigenvalue weighted by molar-refractivity contribution is 0.297. The second-order valence-electron chi connectivity index (χ2n) is 4.95. The zero-order valence-electron chi connectivity index (χ0n) is 11.5. The summed E-state index contributed by atoms with van der Waals surface area (Å²) in [5, 5.41) is 4.05. The molecule has 1 aliphatic rings. The monoisotopic (exact) mass is 291 g/mol. The number of benzene rings is 1. The first-order valence-corrected chi connectivity index (χ1v) is 7.50. The van der Waals surface area contributed by atoms with Crippen LogP contribution in [-0.2, 0) is 0 Å². The normalized spacial score (nSPS) is 14.2. The Labute approximate surface area is 122 Å². The van der Waals surface area contributed by atoms with Gasteiger partial charge in [0.2, 0.25) is 5.13 Å². The highest BCUT2D eigenvalue weighted by atomic mass is 32.1. The van der Waals surface area contributed by atoms with Gasteiger partial charge in [0.05, 0.1) is 13.2 Å². The van der Waals surface area contributed by atoms with E-state index in [4.69, 9.17) is 9.47 Å². The highest BCUT2D eigenvalue weighted by Crippen LogP contribution is 2.33. The Kier molecular flexibility index (Phi) is 3.73. The summed E-state index contributed by atoms with van der Waals surface area (Å²) >= 11 is 1.37. The van der Waals surface area contributed by atoms with Gasteiger partial charge in [0.25, 0.3) is 0 Å². The molecular formula is C14H17N3O2S. The first-order chi connectivity index (χ1) is 9.72. The number of hydrogen-bond donors (Lipinski definition) is 1. The van der Waals surface area contributed by atoms with Gasteiger partial charge >= 0.3 is 0 Å². The van der Waals surface area contributed by atoms with Crippen molar-refractivity contribution in [3.63, 3.8) is 0 Å². The standard InChI is InChI=1S/C14H17N3O2S/c1-9(2)13-16-14(20-17-13)15-10-4-5-11-12(8-10)19-7-3-6-18-11/h4-5,8-9H,3,6-7H2,1-2H3,(H,15,16,17). The molecule has 0 aliphatic carbocycles. The fourth-order valence-corrected chi connectivity index (χ4v) is 2.61. The maximum Gasteiger partial charge on any atom is 0.207 e. The Morgan fingerprint density at radius 3 is 2.75 bits per heavy atom. The molecule has 0 radical (unpaired) electrons. The van der Waals surface area contributed by atoms with E-state index in [0.717, 1.165) is 34.6 Å². The van der Waals surface area contributed by atoms with E-state index < -0.39 is 0 Å². The lowest BCUT2D eigenvalue weighted by Gasteiger charge is -2.09. The summed E-state index contributed by atoms with van der Waals surface area (Å²) in [4.78, 5) is 4.46. The summed E-state index contributed by atoms with van der Waals surface area (Å²) in [6, 6.07) is 5.83. The zero-order valence-corrected chi connectivity index (χ0v) is 12.4. The predicted octanol–water partition coefficient (Wildman–Crippen LogP) is 3.57. The fourth-order valence-electron chi connectivity index (χ4n) is 1.88. The summed E-state index contributed by atoms with van der Waals surface area (Å²) in [5.41, 5.74) is 0.931. The number of anilines is 2. The molecule has 20 heavy (non-hydrogen) atoms. The van der Waals surface area contributed by atoms with Crippen LogP contribution in [0.5, 0.6) is 11.5 Å². The van der Waals surface area contributed by atoms with Gasteiger partial charge in [0.1, 0.15) is 5.82 Å². The van der Waals surface area contributed by atoms with E-state index >= 15 is 0 Å². The van der Waals surface area contributed by atoms with Crippen molar-refractivity contribution in [3.8, 4) is 11.5 Å². The number of nitrogens with zero attached hydrogens (tertiary/aromatic N) is 2. The van der Waals surface area contributed by atoms with Crippen molar-refractivity contribution in [1.29, 1.82) is 0 Å². The van der Waals surface area contributed by atoms with Crippen molar-refractivity contribution in [2.24, 2.45) is 0 Å². The molecule has 6 heteroatoms. The van der Waals surface area contributed by atoms with Crippen LogP contribution in [0.3, 0.4) is 0 Å². The average Bonchev–Trinajstić information content (AvgIpc) is 2.77. The van der Waals surface area contributed by atoms with Crippen molar-refractivity contribution in [1.82, 2.24) is 9.36 Å². The molecule has 5 nitrogen and oxygen atoms in total. The van der Waals surface area contributed by atoms with Gasteiger partial charge in [-0.15, -0.1) is 0 Å². The lowest BCUT2D eigenvalue weighted by atomic mass is 10.2. The van der Waals surface area contributed by atoms with Crippen molar-refractivity contribution in [3.05, 3.63) is 24.0 Å². The van der Waals surface area contributed by atoms with Crippen LogP contribution in [0.4, 0.5) is 10.8 Å². The van der Waals surface area contributed by atoms with E-state index in [-0.39, 0.29) is 0 Å². The molecule has 1 aromatic carbocycles. The molecule has 2 aromatic rings. The molecule has 0 atom stereocenters. The van der Waals surface area contributed by atoms with Crippen LogP contribution in [-0.4, -0.2) is 22.6 Å². The SMILES string of the molecule is CC(C)c1nsc(Nc2ccc3c(c2)OCCCO3)n1. The Morgan fingerprint density at radius 2 is 2.00 bits per heavy atom. The van der Waals surface area contributed by atoms with Crippen LogP contribution in [0.25, 0.3) is 0 Å². The van der Waals surface area contributed by atoms with Crippen molar-refractivity contribution in [2.45, 2.75) is 26.2 Å². The Morgan fingerprint density at radius 1 is 1.20 bits per heavy atom. The van der Waals surface area contributed by atoms with Crippen molar-refractivity contribution >= 4 is 22.4 Å². The van der Waals surface area contributed by atoms with E-state index in [1.54, 1.807) is 0 Å². The molecule has 106 valence electrons. The summed E-state index contributed by atoms with van der Waals surface area (Å²) in [6.07, 6.45) is 0.908. The zero-order chi connectivity index (χ0) is 13.9. The highest BCUT2D eigenvalue weighted by molar-refractivity contribution is 7.09. The molecule has 0 fully saturated rings. The minimum absolute atomic E-state index is 0.338. The molecule has 0 saturated heterocycles. The predicted molar refractivity (Wildman–Crippen MR) is 79.3 cm³/mol. The Hall–Kier alpha value is -1.82. The van der Waals surface area contributed by atoms with Gasteiger partial charge in [-0.2, -0.15) is 4.37 Å². The van der Waals surface area contributed by atoms with E-state index in [1.165, 1.54) is 11.5 Å². The molecule has 1 aromatic heterocycles. The van der Waals surface area contributed by atoms with Gasteiger partial charge in [-0.25, -0.2) is 4.98 Å². The molecule has 0 bridgehead atoms. The number of rotatable bonds is 3. The second-order valence-corrected chi connectivity index (χ2v) is 5.70. The van der Waals surface area contributed by atoms with Gasteiger partial charge in [-0.1, -0.05) is 13.8 Å². The Balaban J connectivity index is 1.78. The minimum atomic E-state index is 0.338. The van der Waals surface area contributed by atoms with E-state index in [9.17, 15) is 0 Å². The molecule has 1 N–H and O–H groups in total. The van der Waals surface area contributed by atoms with Crippen LogP contribution >= 0.6 is 11.5 Å². The quantitative estimate of drug-likeness (QED) is 0.937. The maximum atomic E-state index is 5.67. The van der Waals surface area contributed by atoms with Crippen LogP contribution < -0.4 is 14.8 Å². The maximum absolute atomic E-state index is 5.67. The topological polar surface area (TPSA) is 56.3 Å². The first-order valence-electron chi connectivity index (χ1n) is 6.72. The fraction of sp³-hybridized carbons (Fsp3) is 0.429. The third-order valence-corrected chi connectivity index (χ3v) is 3.60. The summed E-state index contributed by atoms with van der Waals surface area (Å²) < 4.78 is 15.6. The molecule has 0 spiro atoms. The number of hydrogen-bond acceptors (Lipinski definition) is 6. The number of aromatic nitrogens is 2. The number of fused-ring (bicyclic) bond motifs is 1. The molecule has 1 aliphatic heterocycles. The number of ether oxygens (including phenoxy) is 2. The third kappa shape index (κ3) is 2.85. The van der Waals surface area contributed by atoms with Crippen LogP contribution in [0.15, 0.2) is 18.2 Å². The van der Waals surface area contributed by atoms with Gasteiger partial charge in [0.15, 0.2) is 11.5 Å². The molecule has 2 heterocycles. The molecular weight excluding hydrogens is 274 g/mol. The highest BCUT2D eigenvalue weighted by Gasteiger charge is 2.12. The number of nitrogens with one attached hydrogen (secondary N) is 1. The van der Waals surface area contributed by atoms with Crippen molar-refractivity contribution in [2.75, 3.05) is 18.5 Å². The molecule has 0 unspecified atom stereocenters. The van der Waals surface area contributed by atoms with E-state index in [2.05, 4.69) is 28.5 Å². The van der Waals surface area contributed by atoms with Crippen LogP contribution in [0.2, 0.25) is 0 Å². The molecule has 0 saturated carbocycles. The van der Waals surface area contributed by atoms with Crippen molar-refractivity contribution < 1.29 is 9.47 Å². The largest absolute Gasteiger partial charge is 0.490 e. The summed E-state index contributed by atoms with van der Waals surface area (Å²) in [6.45, 7) is 5.56. The minimum Gasteiger partial charge on any atom is -0.490 e. The third-order valence-electron chi connectivity index (χ3n) is 2.96. The summed E-state index contributed by atoms with van der Waals surface area (Å²) in [7, 11) is 0. The van der Waals surface area contributed by atoms with Gasteiger partial charge < -0.3 is 14.8 Å². The first kappa shape index (κ1) is 13.2. The smallest absolute Gasteiger partial charge is 0.207 e. The van der Waals surface area contributed by atoms with Crippen LogP contribution in [0, 0.1) is 0 Å². The van der Waals surface area contributed by atoms with E-state index in [1.807, 2.05) is 18.2 Å². The van der Waals surface area contributed by atoms with Crippen LogP contribution in [0.1, 0.15) is 32.0 Å². The molecule has 0 amide bonds. The van der Waals surface area contributed by atoms with Gasteiger partial charge in [-0.05, 0) is 12.1 Å². The molecule has 3 rings (SSSR count).